The highest BCUT2D eigenvalue weighted by Gasteiger charge is 2.31. The number of hydrazone groups is 1. The van der Waals surface area contributed by atoms with Gasteiger partial charge in [-0.2, -0.15) is 5.10 Å². The summed E-state index contributed by atoms with van der Waals surface area (Å²) in [4.78, 5) is 45.9. The van der Waals surface area contributed by atoms with E-state index in [9.17, 15) is 29.8 Å². The van der Waals surface area contributed by atoms with Crippen LogP contribution < -0.4 is 5.43 Å². The minimum atomic E-state index is -0.991. The van der Waals surface area contributed by atoms with Crippen molar-refractivity contribution in [1.82, 2.24) is 0 Å². The third-order valence-corrected chi connectivity index (χ3v) is 4.02. The molecule has 0 aromatic heterocycles. The third kappa shape index (κ3) is 6.08. The van der Waals surface area contributed by atoms with Crippen molar-refractivity contribution in [2.24, 2.45) is 5.10 Å². The van der Waals surface area contributed by atoms with Crippen molar-refractivity contribution in [3.63, 3.8) is 0 Å². The summed E-state index contributed by atoms with van der Waals surface area (Å²) in [6.07, 6.45) is -0.530. The lowest BCUT2D eigenvalue weighted by molar-refractivity contribution is -0.394. The highest BCUT2D eigenvalue weighted by atomic mass is 16.6. The number of nitrogens with zero attached hydrogens (tertiary/aromatic N) is 3. The van der Waals surface area contributed by atoms with E-state index in [4.69, 9.17) is 9.47 Å². The summed E-state index contributed by atoms with van der Waals surface area (Å²) in [6.45, 7) is 3.10. The second-order valence-electron chi connectivity index (χ2n) is 6.15. The number of ether oxygens (including phenoxy) is 2. The molecule has 0 saturated heterocycles. The topological polar surface area (TPSA) is 163 Å². The van der Waals surface area contributed by atoms with Crippen LogP contribution in [0.25, 0.3) is 0 Å². The van der Waals surface area contributed by atoms with Gasteiger partial charge in [0, 0.05) is 5.56 Å². The first kappa shape index (κ1) is 23.9. The van der Waals surface area contributed by atoms with Crippen LogP contribution in [0, 0.1) is 20.2 Å². The van der Waals surface area contributed by atoms with Gasteiger partial charge >= 0.3 is 11.9 Å². The molecule has 2 aromatic carbocycles. The van der Waals surface area contributed by atoms with Gasteiger partial charge in [-0.05, 0) is 32.0 Å². The van der Waals surface area contributed by atoms with Gasteiger partial charge in [0.2, 0.25) is 0 Å². The van der Waals surface area contributed by atoms with E-state index >= 15 is 0 Å². The van der Waals surface area contributed by atoms with Crippen LogP contribution in [-0.2, 0) is 25.5 Å². The summed E-state index contributed by atoms with van der Waals surface area (Å²) < 4.78 is 9.78. The maximum atomic E-state index is 12.6. The Balaban J connectivity index is 2.68. The van der Waals surface area contributed by atoms with Crippen LogP contribution in [0.5, 0.6) is 0 Å². The molecule has 0 unspecified atom stereocenters. The fourth-order valence-corrected chi connectivity index (χ4v) is 2.69. The monoisotopic (exact) mass is 444 g/mol. The zero-order valence-electron chi connectivity index (χ0n) is 17.3. The fourth-order valence-electron chi connectivity index (χ4n) is 2.69. The maximum absolute atomic E-state index is 12.6. The average Bonchev–Trinajstić information content (AvgIpc) is 2.74. The van der Waals surface area contributed by atoms with Crippen LogP contribution in [0.15, 0.2) is 47.6 Å². The molecule has 0 saturated carbocycles. The van der Waals surface area contributed by atoms with Crippen molar-refractivity contribution in [3.05, 3.63) is 73.8 Å². The number of esters is 2. The minimum Gasteiger partial charge on any atom is -0.466 e. The molecule has 0 amide bonds. The van der Waals surface area contributed by atoms with E-state index in [0.717, 1.165) is 6.07 Å². The standard InChI is InChI=1S/C20H20N4O8/c1-3-31-18(25)11-13-10-15(17(24(29)30)12-16(13)23(27)28)19(20(26)32-4-2)22-21-14-8-6-5-7-9-14/h5-10,12,21H,3-4,11H2,1-2H3/b22-19+. The SMILES string of the molecule is CCOC(=O)Cc1cc(/C(=N\Nc2ccccc2)C(=O)OCC)c([N+](=O)[O-])cc1[N+](=O)[O-]. The minimum absolute atomic E-state index is 0.0420. The van der Waals surface area contributed by atoms with Crippen molar-refractivity contribution < 1.29 is 28.9 Å². The molecular formula is C20H20N4O8. The lowest BCUT2D eigenvalue weighted by Gasteiger charge is -2.10. The number of carbonyl (C=O) groups excluding carboxylic acids is 2. The van der Waals surface area contributed by atoms with E-state index < -0.39 is 45.3 Å². The number of para-hydroxylation sites is 1. The molecule has 2 aromatic rings. The summed E-state index contributed by atoms with van der Waals surface area (Å²) in [6, 6.07) is 10.1. The first-order valence-corrected chi connectivity index (χ1v) is 9.46. The number of nitro benzene ring substituents is 2. The Kier molecular flexibility index (Phi) is 8.34. The molecule has 0 aliphatic heterocycles. The van der Waals surface area contributed by atoms with Gasteiger partial charge < -0.3 is 9.47 Å². The van der Waals surface area contributed by atoms with E-state index in [1.807, 2.05) is 0 Å². The Morgan fingerprint density at radius 3 is 2.16 bits per heavy atom. The number of benzene rings is 2. The molecule has 0 heterocycles. The van der Waals surface area contributed by atoms with Gasteiger partial charge in [0.15, 0.2) is 5.71 Å². The molecule has 1 N–H and O–H groups in total. The quantitative estimate of drug-likeness (QED) is 0.251. The van der Waals surface area contributed by atoms with Crippen LogP contribution in [0.2, 0.25) is 0 Å². The molecular weight excluding hydrogens is 424 g/mol. The van der Waals surface area contributed by atoms with E-state index in [0.29, 0.717) is 11.8 Å². The summed E-state index contributed by atoms with van der Waals surface area (Å²) in [5.41, 5.74) is 0.674. The Bertz CT molecular complexity index is 1050. The molecule has 0 spiro atoms. The van der Waals surface area contributed by atoms with Gasteiger partial charge in [-0.3, -0.25) is 30.4 Å². The number of anilines is 1. The molecule has 12 nitrogen and oxygen atoms in total. The van der Waals surface area contributed by atoms with E-state index in [1.165, 1.54) is 6.92 Å². The maximum Gasteiger partial charge on any atom is 0.359 e. The van der Waals surface area contributed by atoms with Crippen LogP contribution in [-0.4, -0.2) is 40.7 Å². The van der Waals surface area contributed by atoms with Gasteiger partial charge in [-0.25, -0.2) is 4.79 Å². The molecule has 0 bridgehead atoms. The Morgan fingerprint density at radius 2 is 1.59 bits per heavy atom. The number of hydrogen-bond acceptors (Lipinski definition) is 10. The molecule has 2 rings (SSSR count). The van der Waals surface area contributed by atoms with Gasteiger partial charge in [-0.1, -0.05) is 18.2 Å². The Labute approximate surface area is 182 Å². The molecule has 0 radical (unpaired) electrons. The van der Waals surface area contributed by atoms with E-state index in [1.54, 1.807) is 37.3 Å². The summed E-state index contributed by atoms with van der Waals surface area (Å²) in [5.74, 6) is -1.76. The summed E-state index contributed by atoms with van der Waals surface area (Å²) in [7, 11) is 0. The lowest BCUT2D eigenvalue weighted by Crippen LogP contribution is -2.22. The highest BCUT2D eigenvalue weighted by molar-refractivity contribution is 6.44. The molecule has 168 valence electrons. The average molecular weight is 444 g/mol. The van der Waals surface area contributed by atoms with Crippen LogP contribution in [0.3, 0.4) is 0 Å². The predicted octanol–water partition coefficient (Wildman–Crippen LogP) is 2.99. The summed E-state index contributed by atoms with van der Waals surface area (Å²) in [5, 5.41) is 27.1. The largest absolute Gasteiger partial charge is 0.466 e. The number of rotatable bonds is 10. The number of nitro groups is 2. The van der Waals surface area contributed by atoms with Gasteiger partial charge in [0.1, 0.15) is 0 Å². The zero-order valence-corrected chi connectivity index (χ0v) is 17.3. The normalized spacial score (nSPS) is 10.9. The van der Waals surface area contributed by atoms with Crippen molar-refractivity contribution in [2.45, 2.75) is 20.3 Å². The predicted molar refractivity (Wildman–Crippen MR) is 113 cm³/mol. The van der Waals surface area contributed by atoms with Crippen molar-refractivity contribution in [2.75, 3.05) is 18.6 Å². The molecule has 32 heavy (non-hydrogen) atoms. The first-order chi connectivity index (χ1) is 15.3. The molecule has 0 atom stereocenters. The second kappa shape index (κ2) is 11.2. The molecule has 0 fully saturated rings. The molecule has 0 aliphatic rings. The van der Waals surface area contributed by atoms with Crippen LogP contribution >= 0.6 is 0 Å². The Hall–Kier alpha value is -4.35. The zero-order chi connectivity index (χ0) is 23.7. The van der Waals surface area contributed by atoms with Crippen molar-refractivity contribution in [3.8, 4) is 0 Å². The van der Waals surface area contributed by atoms with E-state index in [2.05, 4.69) is 10.5 Å². The number of nitrogens with one attached hydrogen (secondary N) is 1. The van der Waals surface area contributed by atoms with Gasteiger partial charge in [-0.15, -0.1) is 0 Å². The second-order valence-corrected chi connectivity index (χ2v) is 6.15. The highest BCUT2D eigenvalue weighted by Crippen LogP contribution is 2.30. The molecule has 12 heteroatoms. The fraction of sp³-hybridized carbons (Fsp3) is 0.250. The van der Waals surface area contributed by atoms with Crippen LogP contribution in [0.4, 0.5) is 17.1 Å². The smallest absolute Gasteiger partial charge is 0.359 e. The molecule has 0 aliphatic carbocycles. The number of hydrogen-bond donors (Lipinski definition) is 1. The van der Waals surface area contributed by atoms with Crippen LogP contribution in [0.1, 0.15) is 25.0 Å². The van der Waals surface area contributed by atoms with E-state index in [-0.39, 0.29) is 24.3 Å². The lowest BCUT2D eigenvalue weighted by atomic mass is 10.0. The Morgan fingerprint density at radius 1 is 0.969 bits per heavy atom. The summed E-state index contributed by atoms with van der Waals surface area (Å²) >= 11 is 0. The third-order valence-electron chi connectivity index (χ3n) is 4.02. The first-order valence-electron chi connectivity index (χ1n) is 9.46. The van der Waals surface area contributed by atoms with Gasteiger partial charge in [0.05, 0.1) is 46.8 Å². The number of carbonyl (C=O) groups is 2. The van der Waals surface area contributed by atoms with Gasteiger partial charge in [0.25, 0.3) is 11.4 Å². The van der Waals surface area contributed by atoms with Crippen molar-refractivity contribution >= 4 is 34.7 Å². The van der Waals surface area contributed by atoms with Crippen molar-refractivity contribution in [1.29, 1.82) is 0 Å².